The van der Waals surface area contributed by atoms with Gasteiger partial charge in [-0.25, -0.2) is 9.97 Å². The lowest BCUT2D eigenvalue weighted by atomic mass is 10.1. The summed E-state index contributed by atoms with van der Waals surface area (Å²) in [5.41, 5.74) is 1.87. The molecule has 1 aliphatic heterocycles. The van der Waals surface area contributed by atoms with Crippen molar-refractivity contribution < 1.29 is 4.74 Å². The van der Waals surface area contributed by atoms with Crippen LogP contribution in [0.15, 0.2) is 91.4 Å². The molecule has 0 bridgehead atoms. The fourth-order valence-corrected chi connectivity index (χ4v) is 3.67. The number of para-hydroxylation sites is 1. The van der Waals surface area contributed by atoms with Crippen molar-refractivity contribution in [3.8, 4) is 22.8 Å². The molecule has 5 rings (SSSR count). The fourth-order valence-electron chi connectivity index (χ4n) is 3.67. The molecule has 3 heterocycles. The van der Waals surface area contributed by atoms with Crippen LogP contribution >= 0.6 is 0 Å². The van der Waals surface area contributed by atoms with Gasteiger partial charge in [0.2, 0.25) is 0 Å². The molecule has 1 fully saturated rings. The van der Waals surface area contributed by atoms with Crippen LogP contribution in [0.4, 0.5) is 11.6 Å². The number of benzene rings is 2. The highest BCUT2D eigenvalue weighted by Gasteiger charge is 2.19. The highest BCUT2D eigenvalue weighted by molar-refractivity contribution is 5.61. The Morgan fingerprint density at radius 1 is 0.645 bits per heavy atom. The number of hydrogen-bond acceptors (Lipinski definition) is 6. The van der Waals surface area contributed by atoms with Crippen LogP contribution in [0.1, 0.15) is 0 Å². The van der Waals surface area contributed by atoms with Gasteiger partial charge in [-0.2, -0.15) is 0 Å². The van der Waals surface area contributed by atoms with Gasteiger partial charge in [0, 0.05) is 37.9 Å². The van der Waals surface area contributed by atoms with Gasteiger partial charge in [-0.3, -0.25) is 4.98 Å². The second-order valence-electron chi connectivity index (χ2n) is 7.36. The number of ether oxygens (including phenoxy) is 1. The second kappa shape index (κ2) is 8.83. The molecule has 0 aliphatic carbocycles. The largest absolute Gasteiger partial charge is 0.457 e. The van der Waals surface area contributed by atoms with Gasteiger partial charge in [0.15, 0.2) is 0 Å². The first-order valence-corrected chi connectivity index (χ1v) is 10.4. The summed E-state index contributed by atoms with van der Waals surface area (Å²) in [6.07, 6.45) is 5.49. The maximum Gasteiger partial charge on any atom is 0.147 e. The van der Waals surface area contributed by atoms with Gasteiger partial charge in [-0.15, -0.1) is 0 Å². The van der Waals surface area contributed by atoms with Crippen molar-refractivity contribution in [3.05, 3.63) is 91.4 Å². The van der Waals surface area contributed by atoms with E-state index >= 15 is 0 Å². The average molecular weight is 409 g/mol. The highest BCUT2D eigenvalue weighted by Crippen LogP contribution is 2.26. The van der Waals surface area contributed by atoms with Crippen LogP contribution in [0.5, 0.6) is 11.5 Å². The van der Waals surface area contributed by atoms with Gasteiger partial charge in [-0.1, -0.05) is 24.3 Å². The maximum atomic E-state index is 5.88. The van der Waals surface area contributed by atoms with Crippen molar-refractivity contribution in [3.63, 3.8) is 0 Å². The third-order valence-corrected chi connectivity index (χ3v) is 5.33. The zero-order valence-corrected chi connectivity index (χ0v) is 17.1. The standard InChI is InChI=1S/C25H23N5O/c1-2-6-21(7-3-1)31-22-11-9-20(10-12-22)23-18-26-19-25(28-23)30-16-14-29(15-17-30)24-8-4-5-13-27-24/h1-13,18-19H,14-17H2. The molecule has 1 aliphatic rings. The Morgan fingerprint density at radius 3 is 2.03 bits per heavy atom. The van der Waals surface area contributed by atoms with Crippen molar-refractivity contribution in [2.75, 3.05) is 36.0 Å². The number of pyridine rings is 1. The Bertz CT molecular complexity index is 1110. The van der Waals surface area contributed by atoms with Gasteiger partial charge in [0.05, 0.1) is 18.1 Å². The van der Waals surface area contributed by atoms with E-state index in [4.69, 9.17) is 9.72 Å². The first-order chi connectivity index (χ1) is 15.3. The third kappa shape index (κ3) is 4.48. The fraction of sp³-hybridized carbons (Fsp3) is 0.160. The van der Waals surface area contributed by atoms with E-state index in [2.05, 4.69) is 25.8 Å². The molecule has 1 saturated heterocycles. The molecule has 0 spiro atoms. The lowest BCUT2D eigenvalue weighted by Crippen LogP contribution is -2.47. The van der Waals surface area contributed by atoms with E-state index in [0.717, 1.165) is 60.6 Å². The lowest BCUT2D eigenvalue weighted by Gasteiger charge is -2.35. The van der Waals surface area contributed by atoms with Gasteiger partial charge in [0.25, 0.3) is 0 Å². The minimum Gasteiger partial charge on any atom is -0.457 e. The van der Waals surface area contributed by atoms with E-state index in [-0.39, 0.29) is 0 Å². The summed E-state index contributed by atoms with van der Waals surface area (Å²) in [7, 11) is 0. The normalized spacial score (nSPS) is 13.8. The lowest BCUT2D eigenvalue weighted by molar-refractivity contribution is 0.483. The van der Waals surface area contributed by atoms with Gasteiger partial charge >= 0.3 is 0 Å². The third-order valence-electron chi connectivity index (χ3n) is 5.33. The molecule has 0 saturated carbocycles. The quantitative estimate of drug-likeness (QED) is 0.478. The summed E-state index contributed by atoms with van der Waals surface area (Å²) in [6.45, 7) is 3.60. The Morgan fingerprint density at radius 2 is 1.32 bits per heavy atom. The van der Waals surface area contributed by atoms with E-state index in [1.807, 2.05) is 79.1 Å². The zero-order chi connectivity index (χ0) is 20.9. The topological polar surface area (TPSA) is 54.4 Å². The number of nitrogens with zero attached hydrogens (tertiary/aromatic N) is 5. The Kier molecular flexibility index (Phi) is 5.43. The molecule has 0 N–H and O–H groups in total. The summed E-state index contributed by atoms with van der Waals surface area (Å²) in [5, 5.41) is 0. The first kappa shape index (κ1) is 19.1. The van der Waals surface area contributed by atoms with Crippen molar-refractivity contribution in [2.24, 2.45) is 0 Å². The van der Waals surface area contributed by atoms with E-state index in [0.29, 0.717) is 0 Å². The molecule has 2 aromatic heterocycles. The molecule has 4 aromatic rings. The van der Waals surface area contributed by atoms with Crippen LogP contribution in [0.3, 0.4) is 0 Å². The van der Waals surface area contributed by atoms with Crippen molar-refractivity contribution in [1.29, 1.82) is 0 Å². The van der Waals surface area contributed by atoms with Crippen molar-refractivity contribution in [1.82, 2.24) is 15.0 Å². The van der Waals surface area contributed by atoms with Crippen LogP contribution < -0.4 is 14.5 Å². The van der Waals surface area contributed by atoms with Gasteiger partial charge in [0.1, 0.15) is 23.1 Å². The maximum absolute atomic E-state index is 5.88. The summed E-state index contributed by atoms with van der Waals surface area (Å²) in [5.74, 6) is 3.55. The number of hydrogen-bond donors (Lipinski definition) is 0. The first-order valence-electron chi connectivity index (χ1n) is 10.4. The van der Waals surface area contributed by atoms with Crippen LogP contribution in [0.25, 0.3) is 11.3 Å². The number of rotatable bonds is 5. The molecule has 0 amide bonds. The molecular weight excluding hydrogens is 386 g/mol. The molecule has 2 aromatic carbocycles. The van der Waals surface area contributed by atoms with E-state index in [1.54, 1.807) is 6.20 Å². The van der Waals surface area contributed by atoms with Crippen LogP contribution in [-0.2, 0) is 0 Å². The predicted octanol–water partition coefficient (Wildman–Crippen LogP) is 4.66. The van der Waals surface area contributed by atoms with Crippen LogP contribution in [-0.4, -0.2) is 41.1 Å². The molecule has 31 heavy (non-hydrogen) atoms. The number of aromatic nitrogens is 3. The molecule has 154 valence electrons. The van der Waals surface area contributed by atoms with Gasteiger partial charge in [-0.05, 0) is 48.5 Å². The number of anilines is 2. The Balaban J connectivity index is 1.26. The van der Waals surface area contributed by atoms with Gasteiger partial charge < -0.3 is 14.5 Å². The molecule has 0 radical (unpaired) electrons. The minimum absolute atomic E-state index is 0.796. The smallest absolute Gasteiger partial charge is 0.147 e. The highest BCUT2D eigenvalue weighted by atomic mass is 16.5. The summed E-state index contributed by atoms with van der Waals surface area (Å²) in [6, 6.07) is 23.8. The SMILES string of the molecule is c1ccc(Oc2ccc(-c3cncc(N4CCN(c5ccccn5)CC4)n3)cc2)cc1. The molecule has 0 unspecified atom stereocenters. The van der Waals surface area contributed by atoms with E-state index in [9.17, 15) is 0 Å². The summed E-state index contributed by atoms with van der Waals surface area (Å²) >= 11 is 0. The average Bonchev–Trinajstić information content (AvgIpc) is 2.86. The van der Waals surface area contributed by atoms with Crippen molar-refractivity contribution in [2.45, 2.75) is 0 Å². The molecule has 6 heteroatoms. The second-order valence-corrected chi connectivity index (χ2v) is 7.36. The van der Waals surface area contributed by atoms with Crippen LogP contribution in [0.2, 0.25) is 0 Å². The Hall–Kier alpha value is -3.93. The number of piperazine rings is 1. The minimum atomic E-state index is 0.796. The van der Waals surface area contributed by atoms with Crippen LogP contribution in [0, 0.1) is 0 Å². The summed E-state index contributed by atoms with van der Waals surface area (Å²) in [4.78, 5) is 18.4. The van der Waals surface area contributed by atoms with Crippen molar-refractivity contribution >= 4 is 11.6 Å². The van der Waals surface area contributed by atoms with E-state index in [1.165, 1.54) is 0 Å². The van der Waals surface area contributed by atoms with E-state index < -0.39 is 0 Å². The Labute approximate surface area is 181 Å². The zero-order valence-electron chi connectivity index (χ0n) is 17.1. The molecule has 0 atom stereocenters. The molecular formula is C25H23N5O. The molecule has 6 nitrogen and oxygen atoms in total. The summed E-state index contributed by atoms with van der Waals surface area (Å²) < 4.78 is 5.88. The monoisotopic (exact) mass is 409 g/mol. The predicted molar refractivity (Wildman–Crippen MR) is 123 cm³/mol.